The zero-order valence-electron chi connectivity index (χ0n) is 9.17. The van der Waals surface area contributed by atoms with Gasteiger partial charge in [0.1, 0.15) is 17.4 Å². The van der Waals surface area contributed by atoms with E-state index in [2.05, 4.69) is 0 Å². The summed E-state index contributed by atoms with van der Waals surface area (Å²) in [6.45, 7) is 1.85. The Bertz CT molecular complexity index is 390. The van der Waals surface area contributed by atoms with Gasteiger partial charge in [-0.25, -0.2) is 8.78 Å². The first kappa shape index (κ1) is 11.2. The topological polar surface area (TPSA) is 17.1 Å². The van der Waals surface area contributed by atoms with E-state index >= 15 is 0 Å². The number of benzene rings is 1. The van der Waals surface area contributed by atoms with Crippen LogP contribution in [0.5, 0.6) is 0 Å². The van der Waals surface area contributed by atoms with Crippen molar-refractivity contribution < 1.29 is 13.6 Å². The van der Waals surface area contributed by atoms with Crippen LogP contribution in [0.4, 0.5) is 8.78 Å². The molecule has 0 N–H and O–H groups in total. The van der Waals surface area contributed by atoms with Crippen molar-refractivity contribution in [3.63, 3.8) is 0 Å². The van der Waals surface area contributed by atoms with Crippen LogP contribution in [-0.4, -0.2) is 5.78 Å². The molecule has 1 saturated carbocycles. The second-order valence-corrected chi connectivity index (χ2v) is 4.47. The Labute approximate surface area is 93.5 Å². The number of hydrogen-bond donors (Lipinski definition) is 0. The van der Waals surface area contributed by atoms with Crippen LogP contribution in [0.25, 0.3) is 0 Å². The molecule has 1 fully saturated rings. The molecule has 0 heterocycles. The summed E-state index contributed by atoms with van der Waals surface area (Å²) in [5, 5.41) is 0. The van der Waals surface area contributed by atoms with Crippen LogP contribution >= 0.6 is 0 Å². The van der Waals surface area contributed by atoms with Crippen molar-refractivity contribution in [2.24, 2.45) is 11.8 Å². The number of rotatable bonds is 4. The Hall–Kier alpha value is -1.25. The highest BCUT2D eigenvalue weighted by molar-refractivity contribution is 5.83. The molecule has 1 nitrogen and oxygen atoms in total. The Kier molecular flexibility index (Phi) is 3.03. The lowest BCUT2D eigenvalue weighted by atomic mass is 9.95. The van der Waals surface area contributed by atoms with Crippen molar-refractivity contribution in [1.82, 2.24) is 0 Å². The van der Waals surface area contributed by atoms with Gasteiger partial charge in [-0.2, -0.15) is 0 Å². The van der Waals surface area contributed by atoms with E-state index in [1.54, 1.807) is 0 Å². The molecule has 0 aromatic heterocycles. The fraction of sp³-hybridized carbons (Fsp3) is 0.462. The van der Waals surface area contributed by atoms with Crippen LogP contribution in [0.2, 0.25) is 0 Å². The highest BCUT2D eigenvalue weighted by Crippen LogP contribution is 2.37. The van der Waals surface area contributed by atoms with Gasteiger partial charge in [-0.05, 0) is 30.9 Å². The maximum atomic E-state index is 13.3. The van der Waals surface area contributed by atoms with E-state index in [4.69, 9.17) is 0 Å². The normalized spacial score (nSPS) is 17.2. The molecule has 0 spiro atoms. The summed E-state index contributed by atoms with van der Waals surface area (Å²) >= 11 is 0. The number of Topliss-reactive ketones (excluding diaryl/α,β-unsaturated/α-hetero) is 1. The first-order chi connectivity index (χ1) is 7.59. The van der Waals surface area contributed by atoms with Crippen LogP contribution in [0.3, 0.4) is 0 Å². The zero-order valence-corrected chi connectivity index (χ0v) is 9.17. The van der Waals surface area contributed by atoms with Crippen LogP contribution in [0, 0.1) is 23.5 Å². The smallest absolute Gasteiger partial charge is 0.140 e. The molecule has 1 aliphatic rings. The average Bonchev–Trinajstić information content (AvgIpc) is 3.06. The second kappa shape index (κ2) is 4.32. The minimum absolute atomic E-state index is 0.0634. The van der Waals surface area contributed by atoms with E-state index in [1.807, 2.05) is 6.92 Å². The van der Waals surface area contributed by atoms with Crippen LogP contribution in [0.1, 0.15) is 25.3 Å². The highest BCUT2D eigenvalue weighted by atomic mass is 19.1. The van der Waals surface area contributed by atoms with Crippen molar-refractivity contribution in [1.29, 1.82) is 0 Å². The Balaban J connectivity index is 2.10. The first-order valence-corrected chi connectivity index (χ1v) is 5.55. The molecule has 0 radical (unpaired) electrons. The Morgan fingerprint density at radius 2 is 1.94 bits per heavy atom. The summed E-state index contributed by atoms with van der Waals surface area (Å²) < 4.78 is 26.6. The van der Waals surface area contributed by atoms with Crippen molar-refractivity contribution in [3.05, 3.63) is 35.4 Å². The molecular weight excluding hydrogens is 210 g/mol. The van der Waals surface area contributed by atoms with Gasteiger partial charge in [0.05, 0.1) is 0 Å². The van der Waals surface area contributed by atoms with E-state index < -0.39 is 11.6 Å². The molecule has 0 amide bonds. The maximum absolute atomic E-state index is 13.3. The summed E-state index contributed by atoms with van der Waals surface area (Å²) in [5.41, 5.74) is -0.0972. The lowest BCUT2D eigenvalue weighted by Gasteiger charge is -2.09. The average molecular weight is 224 g/mol. The SMILES string of the molecule is CC(C(=O)Cc1c(F)cccc1F)C1CC1. The molecule has 0 bridgehead atoms. The largest absolute Gasteiger partial charge is 0.299 e. The second-order valence-electron chi connectivity index (χ2n) is 4.47. The first-order valence-electron chi connectivity index (χ1n) is 5.55. The summed E-state index contributed by atoms with van der Waals surface area (Å²) in [6, 6.07) is 3.68. The summed E-state index contributed by atoms with van der Waals surface area (Å²) in [6.07, 6.45) is 2.00. The van der Waals surface area contributed by atoms with Crippen LogP contribution in [-0.2, 0) is 11.2 Å². The van der Waals surface area contributed by atoms with E-state index in [-0.39, 0.29) is 23.7 Å². The lowest BCUT2D eigenvalue weighted by molar-refractivity contribution is -0.122. The van der Waals surface area contributed by atoms with Gasteiger partial charge in [0.2, 0.25) is 0 Å². The van der Waals surface area contributed by atoms with Gasteiger partial charge in [-0.15, -0.1) is 0 Å². The van der Waals surface area contributed by atoms with Gasteiger partial charge >= 0.3 is 0 Å². The molecule has 1 aliphatic carbocycles. The van der Waals surface area contributed by atoms with Crippen molar-refractivity contribution >= 4 is 5.78 Å². The molecule has 2 rings (SSSR count). The third kappa shape index (κ3) is 2.29. The molecule has 0 saturated heterocycles. The van der Waals surface area contributed by atoms with Crippen molar-refractivity contribution in [2.75, 3.05) is 0 Å². The van der Waals surface area contributed by atoms with E-state index in [1.165, 1.54) is 18.2 Å². The monoisotopic (exact) mass is 224 g/mol. The molecular formula is C13H14F2O. The maximum Gasteiger partial charge on any atom is 0.140 e. The number of ketones is 1. The number of halogens is 2. The van der Waals surface area contributed by atoms with E-state index in [0.29, 0.717) is 5.92 Å². The summed E-state index contributed by atoms with van der Waals surface area (Å²) in [4.78, 5) is 11.8. The molecule has 1 aromatic carbocycles. The zero-order chi connectivity index (χ0) is 11.7. The van der Waals surface area contributed by atoms with Crippen molar-refractivity contribution in [3.8, 4) is 0 Å². The van der Waals surface area contributed by atoms with E-state index in [9.17, 15) is 13.6 Å². The lowest BCUT2D eigenvalue weighted by Crippen LogP contribution is -2.17. The number of carbonyl (C=O) groups is 1. The number of hydrogen-bond acceptors (Lipinski definition) is 1. The van der Waals surface area contributed by atoms with Gasteiger partial charge in [0.15, 0.2) is 0 Å². The van der Waals surface area contributed by atoms with Gasteiger partial charge in [-0.1, -0.05) is 13.0 Å². The molecule has 3 heteroatoms. The molecule has 1 aromatic rings. The Morgan fingerprint density at radius 3 is 2.44 bits per heavy atom. The molecule has 86 valence electrons. The third-order valence-electron chi connectivity index (χ3n) is 3.25. The van der Waals surface area contributed by atoms with Crippen molar-refractivity contribution in [2.45, 2.75) is 26.2 Å². The quantitative estimate of drug-likeness (QED) is 0.768. The molecule has 0 aliphatic heterocycles. The van der Waals surface area contributed by atoms with Gasteiger partial charge in [-0.3, -0.25) is 4.79 Å². The standard InChI is InChI=1S/C13H14F2O/c1-8(9-5-6-9)13(16)7-10-11(14)3-2-4-12(10)15/h2-4,8-9H,5-7H2,1H3. The fourth-order valence-electron chi connectivity index (χ4n) is 1.90. The van der Waals surface area contributed by atoms with Gasteiger partial charge < -0.3 is 0 Å². The predicted molar refractivity (Wildman–Crippen MR) is 57.0 cm³/mol. The molecule has 1 atom stereocenters. The molecule has 1 unspecified atom stereocenters. The number of carbonyl (C=O) groups excluding carboxylic acids is 1. The van der Waals surface area contributed by atoms with Gasteiger partial charge in [0.25, 0.3) is 0 Å². The summed E-state index contributed by atoms with van der Waals surface area (Å²) in [5.74, 6) is -0.958. The minimum atomic E-state index is -0.628. The fourth-order valence-corrected chi connectivity index (χ4v) is 1.90. The Morgan fingerprint density at radius 1 is 1.38 bits per heavy atom. The summed E-state index contributed by atoms with van der Waals surface area (Å²) in [7, 11) is 0. The van der Waals surface area contributed by atoms with Crippen LogP contribution < -0.4 is 0 Å². The predicted octanol–water partition coefficient (Wildman–Crippen LogP) is 3.12. The van der Waals surface area contributed by atoms with Crippen LogP contribution in [0.15, 0.2) is 18.2 Å². The third-order valence-corrected chi connectivity index (χ3v) is 3.25. The van der Waals surface area contributed by atoms with E-state index in [0.717, 1.165) is 12.8 Å². The molecule has 16 heavy (non-hydrogen) atoms. The minimum Gasteiger partial charge on any atom is -0.299 e. The highest BCUT2D eigenvalue weighted by Gasteiger charge is 2.32. The van der Waals surface area contributed by atoms with Gasteiger partial charge in [0, 0.05) is 17.9 Å².